The summed E-state index contributed by atoms with van der Waals surface area (Å²) in [6.45, 7) is 1.77. The number of hydrogen-bond acceptors (Lipinski definition) is 5. The largest absolute Gasteiger partial charge is 0.507 e. The molecule has 1 aliphatic heterocycles. The van der Waals surface area contributed by atoms with Crippen molar-refractivity contribution in [3.63, 3.8) is 0 Å². The van der Waals surface area contributed by atoms with Gasteiger partial charge >= 0.3 is 0 Å². The standard InChI is InChI=1S/C16H16N4O/c17-8-13-12(10-5-6-19-9-10)7-14(20-16(13)18)11-3-1-2-4-15(11)21/h1-4,7,10,19,21H,5-6,9H2,(H2,18,20). The van der Waals surface area contributed by atoms with Gasteiger partial charge in [0.2, 0.25) is 0 Å². The van der Waals surface area contributed by atoms with Gasteiger partial charge in [0.15, 0.2) is 0 Å². The van der Waals surface area contributed by atoms with Gasteiger partial charge in [-0.1, -0.05) is 12.1 Å². The molecule has 21 heavy (non-hydrogen) atoms. The molecule has 5 heteroatoms. The molecular formula is C16H16N4O. The number of nitrogens with zero attached hydrogens (tertiary/aromatic N) is 2. The van der Waals surface area contributed by atoms with Crippen molar-refractivity contribution in [2.24, 2.45) is 0 Å². The average molecular weight is 280 g/mol. The lowest BCUT2D eigenvalue weighted by Crippen LogP contribution is -2.10. The lowest BCUT2D eigenvalue weighted by atomic mass is 9.93. The van der Waals surface area contributed by atoms with Crippen LogP contribution in [-0.2, 0) is 0 Å². The molecule has 0 amide bonds. The third-order valence-electron chi connectivity index (χ3n) is 3.87. The molecule has 0 spiro atoms. The summed E-state index contributed by atoms with van der Waals surface area (Å²) in [5.74, 6) is 0.638. The number of hydrogen-bond donors (Lipinski definition) is 3. The van der Waals surface area contributed by atoms with Crippen LogP contribution in [0.15, 0.2) is 30.3 Å². The monoisotopic (exact) mass is 280 g/mol. The van der Waals surface area contributed by atoms with Crippen molar-refractivity contribution in [1.82, 2.24) is 10.3 Å². The van der Waals surface area contributed by atoms with Crippen LogP contribution in [0.3, 0.4) is 0 Å². The fourth-order valence-corrected chi connectivity index (χ4v) is 2.78. The van der Waals surface area contributed by atoms with Gasteiger partial charge < -0.3 is 16.2 Å². The molecule has 0 radical (unpaired) electrons. The molecule has 1 aromatic carbocycles. The van der Waals surface area contributed by atoms with Gasteiger partial charge in [-0.3, -0.25) is 0 Å². The summed E-state index contributed by atoms with van der Waals surface area (Å²) in [7, 11) is 0. The van der Waals surface area contributed by atoms with E-state index < -0.39 is 0 Å². The molecule has 0 saturated carbocycles. The van der Waals surface area contributed by atoms with E-state index >= 15 is 0 Å². The highest BCUT2D eigenvalue weighted by atomic mass is 16.3. The van der Waals surface area contributed by atoms with E-state index in [1.165, 1.54) is 0 Å². The van der Waals surface area contributed by atoms with Gasteiger partial charge in [-0.25, -0.2) is 4.98 Å². The second kappa shape index (κ2) is 5.43. The lowest BCUT2D eigenvalue weighted by Gasteiger charge is -2.15. The zero-order valence-electron chi connectivity index (χ0n) is 11.5. The molecule has 1 unspecified atom stereocenters. The van der Waals surface area contributed by atoms with E-state index in [-0.39, 0.29) is 17.5 Å². The molecular weight excluding hydrogens is 264 g/mol. The summed E-state index contributed by atoms with van der Waals surface area (Å²) in [6, 6.07) is 11.0. The highest BCUT2D eigenvalue weighted by Crippen LogP contribution is 2.34. The number of phenolic OH excluding ortho intramolecular Hbond substituents is 1. The Labute approximate surface area is 123 Å². The first kappa shape index (κ1) is 13.4. The fourth-order valence-electron chi connectivity index (χ4n) is 2.78. The van der Waals surface area contributed by atoms with E-state index in [1.54, 1.807) is 18.2 Å². The van der Waals surface area contributed by atoms with Crippen molar-refractivity contribution in [3.8, 4) is 23.1 Å². The van der Waals surface area contributed by atoms with Crippen LogP contribution < -0.4 is 11.1 Å². The Kier molecular flexibility index (Phi) is 3.46. The molecule has 4 N–H and O–H groups in total. The number of aromatic nitrogens is 1. The van der Waals surface area contributed by atoms with Gasteiger partial charge in [-0.15, -0.1) is 0 Å². The van der Waals surface area contributed by atoms with Crippen molar-refractivity contribution in [1.29, 1.82) is 5.26 Å². The third kappa shape index (κ3) is 2.41. The average Bonchev–Trinajstić information content (AvgIpc) is 3.01. The van der Waals surface area contributed by atoms with E-state index in [2.05, 4.69) is 16.4 Å². The normalized spacial score (nSPS) is 17.6. The summed E-state index contributed by atoms with van der Waals surface area (Å²) >= 11 is 0. The predicted octanol–water partition coefficient (Wildman–Crippen LogP) is 1.98. The van der Waals surface area contributed by atoms with Gasteiger partial charge in [0.05, 0.1) is 11.3 Å². The number of nitrogen functional groups attached to an aromatic ring is 1. The maximum atomic E-state index is 9.98. The number of anilines is 1. The van der Waals surface area contributed by atoms with Crippen LogP contribution >= 0.6 is 0 Å². The van der Waals surface area contributed by atoms with Crippen LogP contribution in [0.1, 0.15) is 23.5 Å². The Morgan fingerprint density at radius 2 is 2.19 bits per heavy atom. The molecule has 106 valence electrons. The van der Waals surface area contributed by atoms with Crippen LogP contribution in [-0.4, -0.2) is 23.2 Å². The highest BCUT2D eigenvalue weighted by Gasteiger charge is 2.23. The minimum absolute atomic E-state index is 0.157. The molecule has 2 aromatic rings. The molecule has 2 heterocycles. The molecule has 1 atom stereocenters. The van der Waals surface area contributed by atoms with Crippen molar-refractivity contribution < 1.29 is 5.11 Å². The third-order valence-corrected chi connectivity index (χ3v) is 3.87. The quantitative estimate of drug-likeness (QED) is 0.782. The summed E-state index contributed by atoms with van der Waals surface area (Å²) in [4.78, 5) is 4.28. The SMILES string of the molecule is N#Cc1c(C2CCNC2)cc(-c2ccccc2O)nc1N. The number of rotatable bonds is 2. The van der Waals surface area contributed by atoms with Crippen LogP contribution in [0.4, 0.5) is 5.82 Å². The molecule has 1 fully saturated rings. The van der Waals surface area contributed by atoms with Gasteiger partial charge in [0.1, 0.15) is 17.6 Å². The molecule has 5 nitrogen and oxygen atoms in total. The number of pyridine rings is 1. The van der Waals surface area contributed by atoms with Gasteiger partial charge in [-0.2, -0.15) is 5.26 Å². The number of nitriles is 1. The zero-order chi connectivity index (χ0) is 14.8. The summed E-state index contributed by atoms with van der Waals surface area (Å²) in [6.07, 6.45) is 0.971. The summed E-state index contributed by atoms with van der Waals surface area (Å²) in [5.41, 5.74) is 8.54. The topological polar surface area (TPSA) is 95.0 Å². The predicted molar refractivity (Wildman–Crippen MR) is 80.7 cm³/mol. The van der Waals surface area contributed by atoms with Crippen LogP contribution in [0, 0.1) is 11.3 Å². The number of phenols is 1. The number of nitrogens with one attached hydrogen (secondary N) is 1. The molecule has 1 aromatic heterocycles. The minimum Gasteiger partial charge on any atom is -0.507 e. The second-order valence-electron chi connectivity index (χ2n) is 5.18. The lowest BCUT2D eigenvalue weighted by molar-refractivity contribution is 0.477. The molecule has 1 saturated heterocycles. The zero-order valence-corrected chi connectivity index (χ0v) is 11.5. The number of aromatic hydroxyl groups is 1. The summed E-state index contributed by atoms with van der Waals surface area (Å²) in [5, 5.41) is 22.6. The fraction of sp³-hybridized carbons (Fsp3) is 0.250. The van der Waals surface area contributed by atoms with Gasteiger partial charge in [-0.05, 0) is 42.6 Å². The Hall–Kier alpha value is -2.58. The molecule has 1 aliphatic rings. The van der Waals surface area contributed by atoms with Crippen LogP contribution in [0.2, 0.25) is 0 Å². The van der Waals surface area contributed by atoms with E-state index in [1.807, 2.05) is 12.1 Å². The smallest absolute Gasteiger partial charge is 0.142 e. The number of nitrogens with two attached hydrogens (primary N) is 1. The van der Waals surface area contributed by atoms with Crippen molar-refractivity contribution in [2.75, 3.05) is 18.8 Å². The van der Waals surface area contributed by atoms with Crippen molar-refractivity contribution in [2.45, 2.75) is 12.3 Å². The maximum Gasteiger partial charge on any atom is 0.142 e. The Bertz CT molecular complexity index is 715. The maximum absolute atomic E-state index is 9.98. The Morgan fingerprint density at radius 3 is 2.86 bits per heavy atom. The first-order valence-electron chi connectivity index (χ1n) is 6.90. The number of benzene rings is 1. The van der Waals surface area contributed by atoms with E-state index in [9.17, 15) is 10.4 Å². The summed E-state index contributed by atoms with van der Waals surface area (Å²) < 4.78 is 0. The Balaban J connectivity index is 2.16. The second-order valence-corrected chi connectivity index (χ2v) is 5.18. The Morgan fingerprint density at radius 1 is 1.38 bits per heavy atom. The van der Waals surface area contributed by atoms with E-state index in [0.717, 1.165) is 25.1 Å². The van der Waals surface area contributed by atoms with Gasteiger partial charge in [0.25, 0.3) is 0 Å². The van der Waals surface area contributed by atoms with Crippen molar-refractivity contribution in [3.05, 3.63) is 41.5 Å². The number of para-hydroxylation sites is 1. The van der Waals surface area contributed by atoms with E-state index in [4.69, 9.17) is 5.73 Å². The molecule has 0 aliphatic carbocycles. The minimum atomic E-state index is 0.157. The van der Waals surface area contributed by atoms with Gasteiger partial charge in [0, 0.05) is 12.1 Å². The van der Waals surface area contributed by atoms with Crippen LogP contribution in [0.25, 0.3) is 11.3 Å². The van der Waals surface area contributed by atoms with E-state index in [0.29, 0.717) is 16.8 Å². The first-order chi connectivity index (χ1) is 10.2. The first-order valence-corrected chi connectivity index (χ1v) is 6.90. The van der Waals surface area contributed by atoms with Crippen LogP contribution in [0.5, 0.6) is 5.75 Å². The molecule has 3 rings (SSSR count). The highest BCUT2D eigenvalue weighted by molar-refractivity contribution is 5.71. The van der Waals surface area contributed by atoms with Crippen molar-refractivity contribution >= 4 is 5.82 Å². The molecule has 0 bridgehead atoms.